The lowest BCUT2D eigenvalue weighted by Crippen LogP contribution is -2.45. The maximum absolute atomic E-state index is 12.9. The minimum absolute atomic E-state index is 0.0600. The van der Waals surface area contributed by atoms with Gasteiger partial charge in [-0.2, -0.15) is 4.98 Å². The van der Waals surface area contributed by atoms with Gasteiger partial charge in [0.1, 0.15) is 29.2 Å². The van der Waals surface area contributed by atoms with Crippen molar-refractivity contribution in [1.29, 1.82) is 5.41 Å². The molecule has 0 unspecified atom stereocenters. The van der Waals surface area contributed by atoms with Crippen LogP contribution in [-0.4, -0.2) is 83.4 Å². The van der Waals surface area contributed by atoms with Crippen LogP contribution in [0.3, 0.4) is 0 Å². The lowest BCUT2D eigenvalue weighted by molar-refractivity contribution is -0.131. The van der Waals surface area contributed by atoms with Crippen molar-refractivity contribution in [3.8, 4) is 5.88 Å². The van der Waals surface area contributed by atoms with Crippen LogP contribution in [0.1, 0.15) is 70.5 Å². The Morgan fingerprint density at radius 3 is 2.67 bits per heavy atom. The summed E-state index contributed by atoms with van der Waals surface area (Å²) in [6, 6.07) is 2.16. The summed E-state index contributed by atoms with van der Waals surface area (Å²) < 4.78 is 6.30. The zero-order valence-corrected chi connectivity index (χ0v) is 21.7. The van der Waals surface area contributed by atoms with Gasteiger partial charge in [-0.15, -0.1) is 0 Å². The molecule has 3 N–H and O–H groups in total. The number of nitrogens with zero attached hydrogens (tertiary/aromatic N) is 4. The minimum Gasteiger partial charge on any atom is -0.511 e. The number of aliphatic hydroxyl groups excluding tert-OH is 1. The van der Waals surface area contributed by atoms with Gasteiger partial charge in [-0.25, -0.2) is 4.98 Å². The number of hydrogen-bond acceptors (Lipinski definition) is 9. The van der Waals surface area contributed by atoms with E-state index in [2.05, 4.69) is 34.1 Å². The fourth-order valence-corrected chi connectivity index (χ4v) is 6.24. The van der Waals surface area contributed by atoms with E-state index in [0.717, 1.165) is 70.6 Å². The zero-order chi connectivity index (χ0) is 25.3. The second-order valence-corrected chi connectivity index (χ2v) is 11.0. The second kappa shape index (κ2) is 10.5. The van der Waals surface area contributed by atoms with Crippen molar-refractivity contribution in [2.45, 2.75) is 76.9 Å². The molecule has 9 heteroatoms. The van der Waals surface area contributed by atoms with Gasteiger partial charge in [0.15, 0.2) is 5.82 Å². The molecule has 0 bridgehead atoms. The highest BCUT2D eigenvalue weighted by Gasteiger charge is 2.47. The lowest BCUT2D eigenvalue weighted by atomic mass is 9.64. The Balaban J connectivity index is 1.48. The van der Waals surface area contributed by atoms with Crippen molar-refractivity contribution in [3.63, 3.8) is 0 Å². The van der Waals surface area contributed by atoms with E-state index in [1.165, 1.54) is 0 Å². The summed E-state index contributed by atoms with van der Waals surface area (Å²) in [5, 5.41) is 23.9. The summed E-state index contributed by atoms with van der Waals surface area (Å²) >= 11 is 0. The van der Waals surface area contributed by atoms with Gasteiger partial charge in [-0.1, -0.05) is 6.42 Å². The van der Waals surface area contributed by atoms with E-state index in [9.17, 15) is 9.90 Å². The van der Waals surface area contributed by atoms with Gasteiger partial charge in [-0.05, 0) is 65.5 Å². The first-order valence-corrected chi connectivity index (χ1v) is 13.7. The molecule has 196 valence electrons. The summed E-state index contributed by atoms with van der Waals surface area (Å²) in [5.74, 6) is 1.67. The van der Waals surface area contributed by atoms with Gasteiger partial charge >= 0.3 is 0 Å². The van der Waals surface area contributed by atoms with Crippen LogP contribution < -0.4 is 15.0 Å². The quantitative estimate of drug-likeness (QED) is 0.514. The summed E-state index contributed by atoms with van der Waals surface area (Å²) in [6.07, 6.45) is 7.12. The van der Waals surface area contributed by atoms with Gasteiger partial charge < -0.3 is 25.0 Å². The Morgan fingerprint density at radius 1 is 1.17 bits per heavy atom. The summed E-state index contributed by atoms with van der Waals surface area (Å²) in [7, 11) is 2.12. The Labute approximate surface area is 213 Å². The van der Waals surface area contributed by atoms with E-state index in [4.69, 9.17) is 15.1 Å². The van der Waals surface area contributed by atoms with Crippen molar-refractivity contribution < 1.29 is 14.6 Å². The van der Waals surface area contributed by atoms with Gasteiger partial charge in [0.05, 0.1) is 5.41 Å². The summed E-state index contributed by atoms with van der Waals surface area (Å²) in [6.45, 7) is 6.60. The number of aliphatic hydroxyl groups is 1. The predicted octanol–water partition coefficient (Wildman–Crippen LogP) is 3.24. The molecule has 1 spiro atoms. The molecule has 1 saturated carbocycles. The number of aromatic nitrogens is 2. The molecular weight excluding hydrogens is 456 g/mol. The average Bonchev–Trinajstić information content (AvgIpc) is 3.42. The van der Waals surface area contributed by atoms with E-state index in [1.54, 1.807) is 0 Å². The van der Waals surface area contributed by atoms with Crippen LogP contribution in [0.2, 0.25) is 0 Å². The van der Waals surface area contributed by atoms with Crippen LogP contribution in [0.25, 0.3) is 0 Å². The molecule has 0 amide bonds. The van der Waals surface area contributed by atoms with Crippen molar-refractivity contribution >= 4 is 17.3 Å². The van der Waals surface area contributed by atoms with Crippen LogP contribution in [0, 0.1) is 10.8 Å². The number of likely N-dealkylation sites (N-methyl/N-ethyl adjacent to an activating group) is 1. The van der Waals surface area contributed by atoms with E-state index < -0.39 is 5.41 Å². The van der Waals surface area contributed by atoms with Crippen molar-refractivity contribution in [2.24, 2.45) is 5.41 Å². The van der Waals surface area contributed by atoms with Gasteiger partial charge in [0.25, 0.3) is 0 Å². The number of ketones is 1. The number of carbonyl (C=O) groups excluding carboxylic acids is 1. The molecule has 3 atom stereocenters. The maximum atomic E-state index is 12.9. The zero-order valence-electron chi connectivity index (χ0n) is 21.7. The molecule has 0 radical (unpaired) electrons. The molecule has 3 heterocycles. The van der Waals surface area contributed by atoms with Gasteiger partial charge in [0, 0.05) is 50.3 Å². The van der Waals surface area contributed by atoms with Crippen LogP contribution in [0.4, 0.5) is 5.82 Å². The molecule has 5 rings (SSSR count). The molecule has 2 aliphatic carbocycles. The van der Waals surface area contributed by atoms with Crippen LogP contribution in [0.5, 0.6) is 5.88 Å². The molecule has 1 aromatic rings. The molecule has 1 aromatic heterocycles. The summed E-state index contributed by atoms with van der Waals surface area (Å²) in [5.41, 5.74) is -0.198. The Hall–Kier alpha value is -2.52. The number of rotatable bonds is 6. The summed E-state index contributed by atoms with van der Waals surface area (Å²) in [4.78, 5) is 26.9. The standard InChI is InChI=1S/C27H40N6O3/c1-18(20-8-6-12-29-20)36-23-17-22(33-15-13-32(2)14-16-33)30-26(31-23)24(28)19-7-5-11-27(25(19)35)10-4-3-9-21(27)34/h17-18,20,28-29,35H,3-16H2,1-2H3/t18-,20-,27+/m0/s1. The molecule has 0 aromatic carbocycles. The van der Waals surface area contributed by atoms with Crippen molar-refractivity contribution in [1.82, 2.24) is 20.2 Å². The highest BCUT2D eigenvalue weighted by Crippen LogP contribution is 2.48. The van der Waals surface area contributed by atoms with Crippen molar-refractivity contribution in [2.75, 3.05) is 44.7 Å². The van der Waals surface area contributed by atoms with E-state index in [0.29, 0.717) is 37.1 Å². The first-order valence-electron chi connectivity index (χ1n) is 13.7. The third-order valence-electron chi connectivity index (χ3n) is 8.57. The Bertz CT molecular complexity index is 1030. The van der Waals surface area contributed by atoms with E-state index in [1.807, 2.05) is 6.07 Å². The molecule has 2 saturated heterocycles. The number of hydrogen-bond donors (Lipinski definition) is 3. The Morgan fingerprint density at radius 2 is 1.94 bits per heavy atom. The number of anilines is 1. The lowest BCUT2D eigenvalue weighted by Gasteiger charge is -2.39. The Kier molecular flexibility index (Phi) is 7.30. The molecule has 9 nitrogen and oxygen atoms in total. The number of allylic oxidation sites excluding steroid dienone is 2. The number of ether oxygens (including phenoxy) is 1. The van der Waals surface area contributed by atoms with Gasteiger partial charge in [-0.3, -0.25) is 10.2 Å². The van der Waals surface area contributed by atoms with Crippen LogP contribution in [0.15, 0.2) is 17.4 Å². The number of Topliss-reactive ketones (excluding diaryl/α,β-unsaturated/α-hetero) is 1. The predicted molar refractivity (Wildman–Crippen MR) is 139 cm³/mol. The van der Waals surface area contributed by atoms with E-state index in [-0.39, 0.29) is 35.2 Å². The first kappa shape index (κ1) is 25.1. The SMILES string of the molecule is C[C@H](Oc1cc(N2CCN(C)CC2)nc(C(=N)C2=C(O)[C@]3(CCCCC3=O)CCC2)n1)[C@@H]1CCCN1. The fraction of sp³-hybridized carbons (Fsp3) is 0.704. The molecule has 2 aliphatic heterocycles. The topological polar surface area (TPSA) is 115 Å². The van der Waals surface area contributed by atoms with E-state index >= 15 is 0 Å². The highest BCUT2D eigenvalue weighted by atomic mass is 16.5. The van der Waals surface area contributed by atoms with Crippen molar-refractivity contribution in [3.05, 3.63) is 23.2 Å². The highest BCUT2D eigenvalue weighted by molar-refractivity contribution is 6.09. The van der Waals surface area contributed by atoms with Gasteiger partial charge in [0.2, 0.25) is 5.88 Å². The average molecular weight is 497 g/mol. The van der Waals surface area contributed by atoms with Crippen LogP contribution >= 0.6 is 0 Å². The minimum atomic E-state index is -0.824. The molecule has 3 fully saturated rings. The third-order valence-corrected chi connectivity index (χ3v) is 8.57. The largest absolute Gasteiger partial charge is 0.511 e. The second-order valence-electron chi connectivity index (χ2n) is 11.0. The molecule has 36 heavy (non-hydrogen) atoms. The first-order chi connectivity index (χ1) is 17.4. The molecular formula is C27H40N6O3. The molecule has 4 aliphatic rings. The number of carbonyl (C=O) groups is 1. The normalized spacial score (nSPS) is 28.6. The van der Waals surface area contributed by atoms with Crippen LogP contribution in [-0.2, 0) is 4.79 Å². The maximum Gasteiger partial charge on any atom is 0.219 e. The monoisotopic (exact) mass is 496 g/mol. The third kappa shape index (κ3) is 4.87. The smallest absolute Gasteiger partial charge is 0.219 e. The fourth-order valence-electron chi connectivity index (χ4n) is 6.24. The number of nitrogens with one attached hydrogen (secondary N) is 2. The number of piperazine rings is 1.